The third-order valence-electron chi connectivity index (χ3n) is 2.16. The standard InChI is InChI=1S/C9H18N2/c1-3-9(2)10-11-7-5-4-6-8-11/h3-8H2,1-2H3/b10-9-. The van der Waals surface area contributed by atoms with Crippen molar-refractivity contribution >= 4 is 5.71 Å². The van der Waals surface area contributed by atoms with Gasteiger partial charge in [-0.3, -0.25) is 5.01 Å². The number of hydrogen-bond donors (Lipinski definition) is 0. The van der Waals surface area contributed by atoms with Gasteiger partial charge in [-0.2, -0.15) is 5.10 Å². The van der Waals surface area contributed by atoms with Crippen molar-refractivity contribution in [3.63, 3.8) is 0 Å². The summed E-state index contributed by atoms with van der Waals surface area (Å²) in [6.45, 7) is 6.59. The molecule has 2 nitrogen and oxygen atoms in total. The van der Waals surface area contributed by atoms with Gasteiger partial charge >= 0.3 is 0 Å². The summed E-state index contributed by atoms with van der Waals surface area (Å²) in [5, 5.41) is 6.72. The molecule has 0 unspecified atom stereocenters. The third-order valence-corrected chi connectivity index (χ3v) is 2.16. The fourth-order valence-corrected chi connectivity index (χ4v) is 1.29. The molecule has 11 heavy (non-hydrogen) atoms. The monoisotopic (exact) mass is 154 g/mol. The van der Waals surface area contributed by atoms with Gasteiger partial charge < -0.3 is 0 Å². The van der Waals surface area contributed by atoms with Crippen LogP contribution in [0.5, 0.6) is 0 Å². The summed E-state index contributed by atoms with van der Waals surface area (Å²) in [6, 6.07) is 0. The van der Waals surface area contributed by atoms with Crippen molar-refractivity contribution in [2.75, 3.05) is 13.1 Å². The Labute approximate surface area is 69.3 Å². The number of hydrazone groups is 1. The SMILES string of the molecule is CC/C(C)=N\N1CCCCC1. The van der Waals surface area contributed by atoms with E-state index in [2.05, 4.69) is 24.0 Å². The van der Waals surface area contributed by atoms with E-state index >= 15 is 0 Å². The lowest BCUT2D eigenvalue weighted by Crippen LogP contribution is -2.25. The van der Waals surface area contributed by atoms with E-state index in [9.17, 15) is 0 Å². The van der Waals surface area contributed by atoms with Gasteiger partial charge in [-0.15, -0.1) is 0 Å². The second kappa shape index (κ2) is 4.37. The van der Waals surface area contributed by atoms with E-state index in [-0.39, 0.29) is 0 Å². The van der Waals surface area contributed by atoms with Crippen LogP contribution in [0.4, 0.5) is 0 Å². The Morgan fingerprint density at radius 1 is 1.27 bits per heavy atom. The van der Waals surface area contributed by atoms with Gasteiger partial charge in [-0.1, -0.05) is 6.92 Å². The van der Waals surface area contributed by atoms with Crippen molar-refractivity contribution in [3.05, 3.63) is 0 Å². The van der Waals surface area contributed by atoms with Gasteiger partial charge in [0.05, 0.1) is 0 Å². The van der Waals surface area contributed by atoms with E-state index in [1.807, 2.05) is 0 Å². The Balaban J connectivity index is 2.34. The Bertz CT molecular complexity index is 134. The number of piperidine rings is 1. The highest BCUT2D eigenvalue weighted by Gasteiger charge is 2.06. The maximum atomic E-state index is 4.50. The molecule has 2 heteroatoms. The molecular weight excluding hydrogens is 136 g/mol. The molecule has 1 saturated heterocycles. The Kier molecular flexibility index (Phi) is 3.40. The predicted octanol–water partition coefficient (Wildman–Crippen LogP) is 2.26. The molecule has 1 heterocycles. The summed E-state index contributed by atoms with van der Waals surface area (Å²) in [5.41, 5.74) is 1.26. The van der Waals surface area contributed by atoms with Crippen molar-refractivity contribution in [2.45, 2.75) is 39.5 Å². The predicted molar refractivity (Wildman–Crippen MR) is 48.8 cm³/mol. The smallest absolute Gasteiger partial charge is 0.0360 e. The number of rotatable bonds is 2. The molecule has 64 valence electrons. The lowest BCUT2D eigenvalue weighted by atomic mass is 10.2. The zero-order valence-electron chi connectivity index (χ0n) is 7.64. The van der Waals surface area contributed by atoms with E-state index in [0.29, 0.717) is 0 Å². The molecule has 1 rings (SSSR count). The van der Waals surface area contributed by atoms with E-state index < -0.39 is 0 Å². The minimum atomic E-state index is 1.08. The second-order valence-corrected chi connectivity index (χ2v) is 3.20. The third kappa shape index (κ3) is 2.91. The van der Waals surface area contributed by atoms with Crippen LogP contribution in [0.15, 0.2) is 5.10 Å². The molecule has 0 aromatic rings. The highest BCUT2D eigenvalue weighted by molar-refractivity contribution is 5.81. The average Bonchev–Trinajstić information content (AvgIpc) is 2.06. The molecule has 0 spiro atoms. The summed E-state index contributed by atoms with van der Waals surface area (Å²) in [6.07, 6.45) is 5.11. The minimum absolute atomic E-state index is 1.08. The Morgan fingerprint density at radius 2 is 1.91 bits per heavy atom. The Hall–Kier alpha value is -0.530. The molecule has 0 saturated carbocycles. The first-order valence-electron chi connectivity index (χ1n) is 4.62. The molecule has 0 radical (unpaired) electrons. The van der Waals surface area contributed by atoms with Crippen LogP contribution < -0.4 is 0 Å². The van der Waals surface area contributed by atoms with E-state index in [1.54, 1.807) is 0 Å². The van der Waals surface area contributed by atoms with Gasteiger partial charge in [0.1, 0.15) is 0 Å². The first-order chi connectivity index (χ1) is 5.33. The summed E-state index contributed by atoms with van der Waals surface area (Å²) in [4.78, 5) is 0. The van der Waals surface area contributed by atoms with Gasteiger partial charge in [0, 0.05) is 18.8 Å². The van der Waals surface area contributed by atoms with Crippen molar-refractivity contribution in [1.29, 1.82) is 0 Å². The van der Waals surface area contributed by atoms with E-state index in [4.69, 9.17) is 0 Å². The molecular formula is C9H18N2. The summed E-state index contributed by atoms with van der Waals surface area (Å²) in [7, 11) is 0. The molecule has 0 aromatic heterocycles. The molecule has 0 amide bonds. The van der Waals surface area contributed by atoms with Crippen LogP contribution in [-0.4, -0.2) is 23.8 Å². The normalized spacial score (nSPS) is 20.5. The van der Waals surface area contributed by atoms with Gasteiger partial charge in [-0.05, 0) is 32.6 Å². The zero-order valence-corrected chi connectivity index (χ0v) is 7.64. The van der Waals surface area contributed by atoms with Gasteiger partial charge in [0.2, 0.25) is 0 Å². The lowest BCUT2D eigenvalue weighted by Gasteiger charge is -2.24. The van der Waals surface area contributed by atoms with Crippen LogP contribution in [0.1, 0.15) is 39.5 Å². The molecule has 1 aliphatic rings. The molecule has 1 fully saturated rings. The van der Waals surface area contributed by atoms with Gasteiger partial charge in [-0.25, -0.2) is 0 Å². The highest BCUT2D eigenvalue weighted by atomic mass is 15.4. The average molecular weight is 154 g/mol. The zero-order chi connectivity index (χ0) is 8.10. The van der Waals surface area contributed by atoms with Crippen LogP contribution in [0.3, 0.4) is 0 Å². The lowest BCUT2D eigenvalue weighted by molar-refractivity contribution is 0.238. The molecule has 1 aliphatic heterocycles. The molecule has 0 aliphatic carbocycles. The number of hydrogen-bond acceptors (Lipinski definition) is 2. The number of nitrogens with zero attached hydrogens (tertiary/aromatic N) is 2. The second-order valence-electron chi connectivity index (χ2n) is 3.20. The van der Waals surface area contributed by atoms with Crippen molar-refractivity contribution in [1.82, 2.24) is 5.01 Å². The largest absolute Gasteiger partial charge is 0.297 e. The topological polar surface area (TPSA) is 15.6 Å². The fourth-order valence-electron chi connectivity index (χ4n) is 1.29. The van der Waals surface area contributed by atoms with Crippen LogP contribution in [0.2, 0.25) is 0 Å². The first kappa shape index (κ1) is 8.57. The first-order valence-corrected chi connectivity index (χ1v) is 4.62. The van der Waals surface area contributed by atoms with Crippen LogP contribution in [0, 0.1) is 0 Å². The highest BCUT2D eigenvalue weighted by Crippen LogP contribution is 2.08. The summed E-state index contributed by atoms with van der Waals surface area (Å²) in [5.74, 6) is 0. The quantitative estimate of drug-likeness (QED) is 0.557. The molecule has 0 aromatic carbocycles. The molecule has 0 N–H and O–H groups in total. The van der Waals surface area contributed by atoms with Crippen molar-refractivity contribution in [2.24, 2.45) is 5.10 Å². The van der Waals surface area contributed by atoms with Gasteiger partial charge in [0.15, 0.2) is 0 Å². The maximum Gasteiger partial charge on any atom is 0.0360 e. The van der Waals surface area contributed by atoms with Crippen molar-refractivity contribution in [3.8, 4) is 0 Å². The fraction of sp³-hybridized carbons (Fsp3) is 0.889. The minimum Gasteiger partial charge on any atom is -0.297 e. The van der Waals surface area contributed by atoms with E-state index in [1.165, 1.54) is 25.0 Å². The molecule has 0 bridgehead atoms. The van der Waals surface area contributed by atoms with Crippen LogP contribution in [0.25, 0.3) is 0 Å². The van der Waals surface area contributed by atoms with Crippen LogP contribution in [-0.2, 0) is 0 Å². The van der Waals surface area contributed by atoms with E-state index in [0.717, 1.165) is 19.5 Å². The van der Waals surface area contributed by atoms with Crippen molar-refractivity contribution < 1.29 is 0 Å². The van der Waals surface area contributed by atoms with Crippen LogP contribution >= 0.6 is 0 Å². The molecule has 0 atom stereocenters. The van der Waals surface area contributed by atoms with Gasteiger partial charge in [0.25, 0.3) is 0 Å². The summed E-state index contributed by atoms with van der Waals surface area (Å²) >= 11 is 0. The maximum absolute atomic E-state index is 4.50. The Morgan fingerprint density at radius 3 is 2.45 bits per heavy atom. The summed E-state index contributed by atoms with van der Waals surface area (Å²) < 4.78 is 0.